The van der Waals surface area contributed by atoms with Crippen LogP contribution in [0.25, 0.3) is 0 Å². The molecule has 0 saturated carbocycles. The van der Waals surface area contributed by atoms with Gasteiger partial charge in [-0.2, -0.15) is 5.10 Å². The first-order valence-electron chi connectivity index (χ1n) is 10.6. The minimum atomic E-state index is -0.953. The lowest BCUT2D eigenvalue weighted by molar-refractivity contribution is -0.136. The first-order chi connectivity index (χ1) is 16.8. The number of methoxy groups -OCH3 is 2. The molecule has 0 aliphatic carbocycles. The summed E-state index contributed by atoms with van der Waals surface area (Å²) < 4.78 is 15.7. The predicted molar refractivity (Wildman–Crippen MR) is 131 cm³/mol. The Hall–Kier alpha value is -4.66. The highest BCUT2D eigenvalue weighted by atomic mass is 16.5. The number of nitrogens with one attached hydrogen (secondary N) is 2. The summed E-state index contributed by atoms with van der Waals surface area (Å²) in [6.07, 6.45) is 0. The zero-order valence-electron chi connectivity index (χ0n) is 19.7. The van der Waals surface area contributed by atoms with Gasteiger partial charge in [-0.1, -0.05) is 17.7 Å². The predicted octanol–water partition coefficient (Wildman–Crippen LogP) is 3.71. The van der Waals surface area contributed by atoms with Crippen molar-refractivity contribution in [3.63, 3.8) is 0 Å². The number of nitrogens with zero attached hydrogens (tertiary/aromatic N) is 1. The van der Waals surface area contributed by atoms with Crippen LogP contribution >= 0.6 is 0 Å². The molecule has 180 valence electrons. The number of rotatable bonds is 7. The van der Waals surface area contributed by atoms with Gasteiger partial charge in [0, 0.05) is 6.07 Å². The van der Waals surface area contributed by atoms with Gasteiger partial charge in [0.2, 0.25) is 0 Å². The van der Waals surface area contributed by atoms with Gasteiger partial charge in [0.25, 0.3) is 0 Å². The highest BCUT2D eigenvalue weighted by Gasteiger charge is 2.16. The molecule has 2 amide bonds. The topological polar surface area (TPSA) is 115 Å². The normalized spacial score (nSPS) is 10.8. The molecule has 0 radical (unpaired) electrons. The van der Waals surface area contributed by atoms with Crippen molar-refractivity contribution < 1.29 is 28.6 Å². The standard InChI is InChI=1S/C26H25N3O6/c1-16-5-7-19(8-6-16)26(32)35-20-11-9-18(10-12-20)17(2)28-29-25(31)24(30)27-22-14-13-21(33-3)15-23(22)34-4/h5-15H,1-4H3,(H,27,30)(H,29,31)/b28-17+. The minimum Gasteiger partial charge on any atom is -0.497 e. The van der Waals surface area contributed by atoms with Gasteiger partial charge in [0.05, 0.1) is 31.2 Å². The zero-order chi connectivity index (χ0) is 25.4. The molecule has 0 unspecified atom stereocenters. The van der Waals surface area contributed by atoms with E-state index >= 15 is 0 Å². The number of amides is 2. The molecule has 0 spiro atoms. The number of hydrogen-bond donors (Lipinski definition) is 2. The summed E-state index contributed by atoms with van der Waals surface area (Å²) in [5, 5.41) is 6.44. The van der Waals surface area contributed by atoms with Crippen molar-refractivity contribution in [1.82, 2.24) is 5.43 Å². The number of ether oxygens (including phenoxy) is 3. The van der Waals surface area contributed by atoms with Gasteiger partial charge < -0.3 is 19.5 Å². The van der Waals surface area contributed by atoms with Gasteiger partial charge in [-0.3, -0.25) is 9.59 Å². The maximum Gasteiger partial charge on any atom is 0.343 e. The third kappa shape index (κ3) is 6.67. The van der Waals surface area contributed by atoms with E-state index in [9.17, 15) is 14.4 Å². The molecule has 9 nitrogen and oxygen atoms in total. The lowest BCUT2D eigenvalue weighted by atomic mass is 10.1. The second-order valence-electron chi connectivity index (χ2n) is 7.44. The summed E-state index contributed by atoms with van der Waals surface area (Å²) in [5.74, 6) is -1.08. The molecule has 0 aromatic heterocycles. The Kier molecular flexibility index (Phi) is 8.18. The van der Waals surface area contributed by atoms with Gasteiger partial charge in [0.1, 0.15) is 17.2 Å². The van der Waals surface area contributed by atoms with Crippen molar-refractivity contribution in [3.05, 3.63) is 83.4 Å². The molecule has 0 aliphatic rings. The Labute approximate surface area is 202 Å². The second kappa shape index (κ2) is 11.5. The van der Waals surface area contributed by atoms with Crippen molar-refractivity contribution in [2.24, 2.45) is 5.10 Å². The van der Waals surface area contributed by atoms with Gasteiger partial charge in [-0.15, -0.1) is 0 Å². The number of carbonyl (C=O) groups excluding carboxylic acids is 3. The zero-order valence-corrected chi connectivity index (χ0v) is 19.7. The molecule has 0 saturated heterocycles. The van der Waals surface area contributed by atoms with Crippen LogP contribution in [0.1, 0.15) is 28.4 Å². The minimum absolute atomic E-state index is 0.310. The van der Waals surface area contributed by atoms with Crippen LogP contribution in [0.4, 0.5) is 5.69 Å². The fraction of sp³-hybridized carbons (Fsp3) is 0.154. The van der Waals surface area contributed by atoms with Gasteiger partial charge in [0.15, 0.2) is 0 Å². The van der Waals surface area contributed by atoms with Crippen LogP contribution in [0.15, 0.2) is 71.8 Å². The number of esters is 1. The van der Waals surface area contributed by atoms with E-state index in [2.05, 4.69) is 15.8 Å². The number of anilines is 1. The molecule has 3 aromatic carbocycles. The summed E-state index contributed by atoms with van der Waals surface area (Å²) in [4.78, 5) is 36.7. The fourth-order valence-corrected chi connectivity index (χ4v) is 2.95. The van der Waals surface area contributed by atoms with Crippen LogP contribution in [-0.2, 0) is 9.59 Å². The quantitative estimate of drug-likeness (QED) is 0.177. The molecular formula is C26H25N3O6. The number of aryl methyl sites for hydroxylation is 1. The maximum absolute atomic E-state index is 12.2. The van der Waals surface area contributed by atoms with E-state index in [1.807, 2.05) is 19.1 Å². The molecule has 0 bridgehead atoms. The molecular weight excluding hydrogens is 450 g/mol. The molecule has 0 atom stereocenters. The fourth-order valence-electron chi connectivity index (χ4n) is 2.95. The lowest BCUT2D eigenvalue weighted by Crippen LogP contribution is -2.33. The van der Waals surface area contributed by atoms with E-state index in [0.717, 1.165) is 5.56 Å². The average Bonchev–Trinajstić information content (AvgIpc) is 2.87. The third-order valence-electron chi connectivity index (χ3n) is 4.96. The van der Waals surface area contributed by atoms with E-state index in [0.29, 0.717) is 39.8 Å². The van der Waals surface area contributed by atoms with Crippen molar-refractivity contribution in [2.45, 2.75) is 13.8 Å². The van der Waals surface area contributed by atoms with Crippen molar-refractivity contribution >= 4 is 29.2 Å². The second-order valence-corrected chi connectivity index (χ2v) is 7.44. The first kappa shape index (κ1) is 25.0. The highest BCUT2D eigenvalue weighted by Crippen LogP contribution is 2.28. The summed E-state index contributed by atoms with van der Waals surface area (Å²) in [6.45, 7) is 3.60. The molecule has 2 N–H and O–H groups in total. The molecule has 0 heterocycles. The van der Waals surface area contributed by atoms with E-state index in [1.165, 1.54) is 14.2 Å². The molecule has 0 fully saturated rings. The molecule has 3 aromatic rings. The molecule has 0 aliphatic heterocycles. The largest absolute Gasteiger partial charge is 0.497 e. The lowest BCUT2D eigenvalue weighted by Gasteiger charge is -2.11. The van der Waals surface area contributed by atoms with Crippen LogP contribution in [0.2, 0.25) is 0 Å². The number of hydrogen-bond acceptors (Lipinski definition) is 7. The van der Waals surface area contributed by atoms with Gasteiger partial charge in [-0.05, 0) is 67.9 Å². The molecule has 35 heavy (non-hydrogen) atoms. The van der Waals surface area contributed by atoms with Crippen LogP contribution < -0.4 is 25.0 Å². The van der Waals surface area contributed by atoms with Crippen LogP contribution in [0, 0.1) is 6.92 Å². The third-order valence-corrected chi connectivity index (χ3v) is 4.96. The summed E-state index contributed by atoms with van der Waals surface area (Å²) in [7, 11) is 2.94. The Morgan fingerprint density at radius 3 is 2.03 bits per heavy atom. The monoisotopic (exact) mass is 475 g/mol. The summed E-state index contributed by atoms with van der Waals surface area (Å²) in [5.41, 5.74) is 5.14. The molecule has 9 heteroatoms. The summed E-state index contributed by atoms with van der Waals surface area (Å²) >= 11 is 0. The van der Waals surface area contributed by atoms with E-state index in [1.54, 1.807) is 61.5 Å². The Balaban J connectivity index is 1.58. The van der Waals surface area contributed by atoms with E-state index in [-0.39, 0.29) is 0 Å². The number of carbonyl (C=O) groups is 3. The van der Waals surface area contributed by atoms with Crippen molar-refractivity contribution in [3.8, 4) is 17.2 Å². The van der Waals surface area contributed by atoms with Gasteiger partial charge >= 0.3 is 17.8 Å². The Bertz CT molecular complexity index is 1250. The Morgan fingerprint density at radius 1 is 0.771 bits per heavy atom. The smallest absolute Gasteiger partial charge is 0.343 e. The van der Waals surface area contributed by atoms with Gasteiger partial charge in [-0.25, -0.2) is 10.2 Å². The van der Waals surface area contributed by atoms with E-state index < -0.39 is 17.8 Å². The average molecular weight is 476 g/mol. The van der Waals surface area contributed by atoms with Crippen LogP contribution in [0.5, 0.6) is 17.2 Å². The highest BCUT2D eigenvalue weighted by molar-refractivity contribution is 6.39. The van der Waals surface area contributed by atoms with Crippen molar-refractivity contribution in [2.75, 3.05) is 19.5 Å². The van der Waals surface area contributed by atoms with Crippen molar-refractivity contribution in [1.29, 1.82) is 0 Å². The SMILES string of the molecule is COc1ccc(NC(=O)C(=O)N/N=C(\C)c2ccc(OC(=O)c3ccc(C)cc3)cc2)c(OC)c1. The van der Waals surface area contributed by atoms with E-state index in [4.69, 9.17) is 14.2 Å². The number of benzene rings is 3. The molecule has 3 rings (SSSR count). The van der Waals surface area contributed by atoms with Crippen LogP contribution in [0.3, 0.4) is 0 Å². The Morgan fingerprint density at radius 2 is 1.40 bits per heavy atom. The number of hydrazone groups is 1. The maximum atomic E-state index is 12.2. The first-order valence-corrected chi connectivity index (χ1v) is 10.6. The summed E-state index contributed by atoms with van der Waals surface area (Å²) in [6, 6.07) is 18.4. The van der Waals surface area contributed by atoms with Crippen LogP contribution in [-0.4, -0.2) is 37.7 Å².